The lowest BCUT2D eigenvalue weighted by Crippen LogP contribution is -1.93. The summed E-state index contributed by atoms with van der Waals surface area (Å²) < 4.78 is 10.8. The number of aryl methyl sites for hydroxylation is 1. The Hall–Kier alpha value is -1.15. The number of rotatable bonds is 2. The van der Waals surface area contributed by atoms with E-state index in [1.807, 2.05) is 31.2 Å². The topological polar surface area (TPSA) is 18.5 Å². The number of allylic oxidation sites excluding steroid dienone is 1. The predicted octanol–water partition coefficient (Wildman–Crippen LogP) is 2.98. The lowest BCUT2D eigenvalue weighted by atomic mass is 10.1. The van der Waals surface area contributed by atoms with Crippen LogP contribution in [-0.2, 0) is 0 Å². The smallest absolute Gasteiger partial charge is 0.231 e. The minimum absolute atomic E-state index is 0.307. The van der Waals surface area contributed by atoms with Gasteiger partial charge < -0.3 is 9.47 Å². The minimum atomic E-state index is 0.307. The molecule has 1 aromatic rings. The van der Waals surface area contributed by atoms with Crippen molar-refractivity contribution in [3.63, 3.8) is 0 Å². The molecule has 0 saturated heterocycles. The fourth-order valence-corrected chi connectivity index (χ4v) is 1.54. The van der Waals surface area contributed by atoms with Crippen LogP contribution in [0.5, 0.6) is 11.5 Å². The molecule has 0 aromatic heterocycles. The predicted molar refractivity (Wildman–Crippen MR) is 57.1 cm³/mol. The van der Waals surface area contributed by atoms with Crippen LogP contribution in [0.15, 0.2) is 18.2 Å². The van der Waals surface area contributed by atoms with Crippen molar-refractivity contribution in [1.82, 2.24) is 0 Å². The molecule has 1 aromatic carbocycles. The minimum Gasteiger partial charge on any atom is -0.453 e. The third-order valence-electron chi connectivity index (χ3n) is 2.13. The van der Waals surface area contributed by atoms with Gasteiger partial charge in [0.1, 0.15) is 0 Å². The first-order valence-electron chi connectivity index (χ1n) is 4.44. The van der Waals surface area contributed by atoms with E-state index in [4.69, 9.17) is 21.1 Å². The third-order valence-corrected chi connectivity index (χ3v) is 2.31. The summed E-state index contributed by atoms with van der Waals surface area (Å²) >= 11 is 5.57. The van der Waals surface area contributed by atoms with E-state index in [1.165, 1.54) is 0 Å². The van der Waals surface area contributed by atoms with Crippen molar-refractivity contribution >= 4 is 17.7 Å². The van der Waals surface area contributed by atoms with Gasteiger partial charge >= 0.3 is 0 Å². The molecule has 0 bridgehead atoms. The molecule has 0 N–H and O–H groups in total. The Morgan fingerprint density at radius 2 is 2.14 bits per heavy atom. The number of fused-ring (bicyclic) bond motifs is 1. The first-order chi connectivity index (χ1) is 6.83. The molecule has 0 saturated carbocycles. The second-order valence-electron chi connectivity index (χ2n) is 3.09. The van der Waals surface area contributed by atoms with Crippen LogP contribution < -0.4 is 9.47 Å². The van der Waals surface area contributed by atoms with Gasteiger partial charge in [-0.2, -0.15) is 0 Å². The quantitative estimate of drug-likeness (QED) is 0.699. The van der Waals surface area contributed by atoms with Crippen LogP contribution in [0.3, 0.4) is 0 Å². The largest absolute Gasteiger partial charge is 0.453 e. The Morgan fingerprint density at radius 1 is 1.36 bits per heavy atom. The molecule has 0 amide bonds. The molecule has 0 unspecified atom stereocenters. The maximum atomic E-state index is 5.57. The van der Waals surface area contributed by atoms with Crippen molar-refractivity contribution in [3.05, 3.63) is 29.3 Å². The summed E-state index contributed by atoms with van der Waals surface area (Å²) in [7, 11) is 0. The molecule has 1 aliphatic heterocycles. The normalized spacial score (nSPS) is 13.9. The number of hydrogen-bond acceptors (Lipinski definition) is 2. The third kappa shape index (κ3) is 1.58. The summed E-state index contributed by atoms with van der Waals surface area (Å²) in [5.41, 5.74) is 2.12. The summed E-state index contributed by atoms with van der Waals surface area (Å²) in [5.74, 6) is 2.18. The molecule has 2 nitrogen and oxygen atoms in total. The van der Waals surface area contributed by atoms with E-state index in [0.29, 0.717) is 12.7 Å². The summed E-state index contributed by atoms with van der Waals surface area (Å²) in [6.45, 7) is 2.31. The molecule has 0 aliphatic carbocycles. The van der Waals surface area contributed by atoms with E-state index in [9.17, 15) is 0 Å². The van der Waals surface area contributed by atoms with E-state index in [2.05, 4.69) is 0 Å². The highest BCUT2D eigenvalue weighted by Gasteiger charge is 2.18. The van der Waals surface area contributed by atoms with Crippen LogP contribution in [0.25, 0.3) is 6.08 Å². The number of ether oxygens (including phenoxy) is 2. The lowest BCUT2D eigenvalue weighted by molar-refractivity contribution is 0.173. The average molecular weight is 211 g/mol. The van der Waals surface area contributed by atoms with Gasteiger partial charge in [0, 0.05) is 11.4 Å². The molecular formula is C11H11ClO2. The highest BCUT2D eigenvalue weighted by Crippen LogP contribution is 2.38. The highest BCUT2D eigenvalue weighted by molar-refractivity contribution is 6.19. The van der Waals surface area contributed by atoms with Crippen molar-refractivity contribution in [1.29, 1.82) is 0 Å². The Morgan fingerprint density at radius 3 is 2.93 bits per heavy atom. The number of hydrogen-bond donors (Lipinski definition) is 0. The summed E-state index contributed by atoms with van der Waals surface area (Å²) in [6, 6.07) is 4.02. The fourth-order valence-electron chi connectivity index (χ4n) is 1.45. The van der Waals surface area contributed by atoms with Gasteiger partial charge in [-0.3, -0.25) is 0 Å². The van der Waals surface area contributed by atoms with Crippen molar-refractivity contribution in [2.75, 3.05) is 12.7 Å². The Kier molecular flexibility index (Phi) is 2.64. The molecule has 0 fully saturated rings. The van der Waals surface area contributed by atoms with E-state index in [-0.39, 0.29) is 0 Å². The van der Waals surface area contributed by atoms with Gasteiger partial charge in [0.2, 0.25) is 6.79 Å². The zero-order chi connectivity index (χ0) is 9.97. The molecule has 1 aliphatic rings. The van der Waals surface area contributed by atoms with Crippen LogP contribution in [0.1, 0.15) is 11.1 Å². The highest BCUT2D eigenvalue weighted by atomic mass is 35.5. The van der Waals surface area contributed by atoms with E-state index in [0.717, 1.165) is 22.6 Å². The number of alkyl halides is 1. The van der Waals surface area contributed by atoms with E-state index in [1.54, 1.807) is 0 Å². The van der Waals surface area contributed by atoms with Gasteiger partial charge in [0.15, 0.2) is 11.5 Å². The Bertz CT molecular complexity index is 372. The van der Waals surface area contributed by atoms with Gasteiger partial charge in [-0.15, -0.1) is 11.6 Å². The van der Waals surface area contributed by atoms with E-state index < -0.39 is 0 Å². The van der Waals surface area contributed by atoms with Crippen molar-refractivity contribution < 1.29 is 9.47 Å². The summed E-state index contributed by atoms with van der Waals surface area (Å²) in [4.78, 5) is 0. The summed E-state index contributed by atoms with van der Waals surface area (Å²) in [5, 5.41) is 0. The van der Waals surface area contributed by atoms with Crippen LogP contribution >= 0.6 is 11.6 Å². The molecule has 0 spiro atoms. The Labute approximate surface area is 88.1 Å². The molecule has 3 heteroatoms. The summed E-state index contributed by atoms with van der Waals surface area (Å²) in [6.07, 6.45) is 3.83. The van der Waals surface area contributed by atoms with Gasteiger partial charge in [0.25, 0.3) is 0 Å². The SMILES string of the molecule is Cc1ccc(/C=C/CCl)c2c1OCO2. The lowest BCUT2D eigenvalue weighted by Gasteiger charge is -2.03. The van der Waals surface area contributed by atoms with Gasteiger partial charge in [0.05, 0.1) is 0 Å². The Balaban J connectivity index is 2.43. The molecule has 74 valence electrons. The first kappa shape index (κ1) is 9.41. The maximum absolute atomic E-state index is 5.57. The molecule has 2 rings (SSSR count). The van der Waals surface area contributed by atoms with Gasteiger partial charge in [-0.05, 0) is 12.5 Å². The van der Waals surface area contributed by atoms with Crippen LogP contribution in [0.2, 0.25) is 0 Å². The molecule has 14 heavy (non-hydrogen) atoms. The number of benzene rings is 1. The maximum Gasteiger partial charge on any atom is 0.231 e. The zero-order valence-corrected chi connectivity index (χ0v) is 8.67. The molecular weight excluding hydrogens is 200 g/mol. The van der Waals surface area contributed by atoms with E-state index >= 15 is 0 Å². The average Bonchev–Trinajstić information content (AvgIpc) is 2.66. The van der Waals surface area contributed by atoms with Crippen molar-refractivity contribution in [3.8, 4) is 11.5 Å². The van der Waals surface area contributed by atoms with Crippen molar-refractivity contribution in [2.45, 2.75) is 6.92 Å². The second kappa shape index (κ2) is 3.93. The molecule has 0 radical (unpaired) electrons. The molecule has 1 heterocycles. The number of halogens is 1. The van der Waals surface area contributed by atoms with Gasteiger partial charge in [-0.25, -0.2) is 0 Å². The molecule has 0 atom stereocenters. The zero-order valence-electron chi connectivity index (χ0n) is 7.92. The first-order valence-corrected chi connectivity index (χ1v) is 4.98. The standard InChI is InChI=1S/C11H11ClO2/c1-8-4-5-9(3-2-6-12)11-10(8)13-7-14-11/h2-5H,6-7H2,1H3/b3-2+. The second-order valence-corrected chi connectivity index (χ2v) is 3.40. The fraction of sp³-hybridized carbons (Fsp3) is 0.273. The van der Waals surface area contributed by atoms with Crippen molar-refractivity contribution in [2.24, 2.45) is 0 Å². The monoisotopic (exact) mass is 210 g/mol. The van der Waals surface area contributed by atoms with Gasteiger partial charge in [-0.1, -0.05) is 24.3 Å². The van der Waals surface area contributed by atoms with Crippen LogP contribution in [-0.4, -0.2) is 12.7 Å². The van der Waals surface area contributed by atoms with Crippen LogP contribution in [0, 0.1) is 6.92 Å². The van der Waals surface area contributed by atoms with Crippen LogP contribution in [0.4, 0.5) is 0 Å².